The second kappa shape index (κ2) is 4.96. The molecule has 0 saturated heterocycles. The number of methoxy groups -OCH3 is 1. The molecule has 0 spiro atoms. The summed E-state index contributed by atoms with van der Waals surface area (Å²) in [6.07, 6.45) is 5.55. The smallest absolute Gasteiger partial charge is 0.434 e. The third kappa shape index (κ3) is 3.88. The Morgan fingerprint density at radius 3 is 2.69 bits per heavy atom. The zero-order chi connectivity index (χ0) is 12.2. The zero-order valence-electron chi connectivity index (χ0n) is 10.1. The van der Waals surface area contributed by atoms with Crippen LogP contribution < -0.4 is 0 Å². The van der Waals surface area contributed by atoms with Crippen molar-refractivity contribution in [3.05, 3.63) is 24.0 Å². The molecular weight excluding hydrogens is 206 g/mol. The van der Waals surface area contributed by atoms with E-state index in [4.69, 9.17) is 9.47 Å². The van der Waals surface area contributed by atoms with Crippen LogP contribution in [0.3, 0.4) is 0 Å². The minimum absolute atomic E-state index is 0.525. The number of nitrogens with zero attached hydrogens (tertiary/aromatic N) is 1. The van der Waals surface area contributed by atoms with Crippen molar-refractivity contribution in [2.45, 2.75) is 32.8 Å². The first-order valence-electron chi connectivity index (χ1n) is 5.14. The molecule has 0 fully saturated rings. The van der Waals surface area contributed by atoms with Crippen LogP contribution in [0.5, 0.6) is 0 Å². The Morgan fingerprint density at radius 1 is 1.44 bits per heavy atom. The van der Waals surface area contributed by atoms with Gasteiger partial charge in [0, 0.05) is 6.42 Å². The molecule has 0 bridgehead atoms. The second-order valence-electron chi connectivity index (χ2n) is 4.41. The van der Waals surface area contributed by atoms with Crippen LogP contribution in [0.25, 0.3) is 0 Å². The van der Waals surface area contributed by atoms with E-state index in [1.54, 1.807) is 34.0 Å². The number of rotatable bonds is 1. The molecule has 0 heterocycles. The largest absolute Gasteiger partial charge is 0.495 e. The Kier molecular flexibility index (Phi) is 3.88. The number of hydrogen-bond donors (Lipinski definition) is 0. The summed E-state index contributed by atoms with van der Waals surface area (Å²) in [5.74, 6) is 0.605. The zero-order valence-corrected chi connectivity index (χ0v) is 10.1. The summed E-state index contributed by atoms with van der Waals surface area (Å²) in [7, 11) is 1.55. The second-order valence-corrected chi connectivity index (χ2v) is 4.41. The fraction of sp³-hybridized carbons (Fsp3) is 0.500. The molecule has 0 aliphatic heterocycles. The van der Waals surface area contributed by atoms with Gasteiger partial charge in [0.15, 0.2) is 0 Å². The van der Waals surface area contributed by atoms with E-state index in [2.05, 4.69) is 4.99 Å². The standard InChI is InChI=1S/C12H17NO3/c1-12(2,3)16-11(14)13-9-7-5-6-8-10(9)15-4/h5-6,8H,7H2,1-4H3/b13-9+. The molecule has 1 aliphatic carbocycles. The lowest BCUT2D eigenvalue weighted by molar-refractivity contribution is 0.0603. The number of carbonyl (C=O) groups excluding carboxylic acids is 1. The van der Waals surface area contributed by atoms with Crippen LogP contribution in [0.15, 0.2) is 29.0 Å². The first-order chi connectivity index (χ1) is 7.42. The van der Waals surface area contributed by atoms with Crippen LogP contribution in [0, 0.1) is 0 Å². The molecule has 0 unspecified atom stereocenters. The van der Waals surface area contributed by atoms with Gasteiger partial charge in [0.25, 0.3) is 0 Å². The van der Waals surface area contributed by atoms with E-state index in [1.165, 1.54) is 0 Å². The van der Waals surface area contributed by atoms with E-state index >= 15 is 0 Å². The van der Waals surface area contributed by atoms with E-state index in [0.29, 0.717) is 17.9 Å². The van der Waals surface area contributed by atoms with Crippen LogP contribution in [-0.2, 0) is 9.47 Å². The first kappa shape index (κ1) is 12.5. The van der Waals surface area contributed by atoms with Crippen LogP contribution in [-0.4, -0.2) is 24.5 Å². The molecule has 4 nitrogen and oxygen atoms in total. The topological polar surface area (TPSA) is 47.9 Å². The lowest BCUT2D eigenvalue weighted by atomic mass is 10.1. The molecule has 0 radical (unpaired) electrons. The van der Waals surface area contributed by atoms with E-state index in [1.807, 2.05) is 12.2 Å². The van der Waals surface area contributed by atoms with Crippen LogP contribution >= 0.6 is 0 Å². The number of hydrogen-bond acceptors (Lipinski definition) is 3. The van der Waals surface area contributed by atoms with Crippen LogP contribution in [0.2, 0.25) is 0 Å². The van der Waals surface area contributed by atoms with Gasteiger partial charge < -0.3 is 9.47 Å². The van der Waals surface area contributed by atoms with Gasteiger partial charge >= 0.3 is 6.09 Å². The summed E-state index contributed by atoms with van der Waals surface area (Å²) in [4.78, 5) is 15.4. The molecule has 0 aromatic carbocycles. The molecule has 1 amide bonds. The summed E-state index contributed by atoms with van der Waals surface area (Å²) in [5.41, 5.74) is 0.0713. The molecule has 88 valence electrons. The average molecular weight is 223 g/mol. The van der Waals surface area contributed by atoms with Gasteiger partial charge in [0.05, 0.1) is 12.8 Å². The Bertz CT molecular complexity index is 359. The normalized spacial score (nSPS) is 18.2. The van der Waals surface area contributed by atoms with Gasteiger partial charge in [-0.1, -0.05) is 12.2 Å². The average Bonchev–Trinajstić information content (AvgIpc) is 2.15. The maximum atomic E-state index is 11.5. The lowest BCUT2D eigenvalue weighted by Crippen LogP contribution is -2.23. The van der Waals surface area contributed by atoms with E-state index in [0.717, 1.165) is 0 Å². The third-order valence-corrected chi connectivity index (χ3v) is 1.82. The van der Waals surface area contributed by atoms with Crippen molar-refractivity contribution in [3.8, 4) is 0 Å². The number of allylic oxidation sites excluding steroid dienone is 4. The van der Waals surface area contributed by atoms with Gasteiger partial charge in [0.2, 0.25) is 0 Å². The highest BCUT2D eigenvalue weighted by Crippen LogP contribution is 2.13. The molecule has 0 saturated carbocycles. The number of ether oxygens (including phenoxy) is 2. The molecule has 0 atom stereocenters. The van der Waals surface area contributed by atoms with E-state index in [9.17, 15) is 4.79 Å². The summed E-state index contributed by atoms with van der Waals surface area (Å²) in [5, 5.41) is 0. The van der Waals surface area contributed by atoms with Crippen LogP contribution in [0.4, 0.5) is 4.79 Å². The van der Waals surface area contributed by atoms with Crippen molar-refractivity contribution in [1.82, 2.24) is 0 Å². The Labute approximate surface area is 95.7 Å². The summed E-state index contributed by atoms with van der Waals surface area (Å²) < 4.78 is 10.2. The molecule has 0 N–H and O–H groups in total. The van der Waals surface area contributed by atoms with Gasteiger partial charge in [0.1, 0.15) is 11.4 Å². The minimum atomic E-state index is -0.583. The minimum Gasteiger partial charge on any atom is -0.495 e. The van der Waals surface area contributed by atoms with Crippen molar-refractivity contribution >= 4 is 11.8 Å². The van der Waals surface area contributed by atoms with Gasteiger partial charge in [-0.05, 0) is 26.8 Å². The number of aliphatic imine (C=N–C) groups is 1. The molecular formula is C12H17NO3. The molecule has 4 heteroatoms. The fourth-order valence-electron chi connectivity index (χ4n) is 1.21. The Hall–Kier alpha value is -1.58. The SMILES string of the molecule is COC1=CC=CC/C1=N\C(=O)OC(C)(C)C. The highest BCUT2D eigenvalue weighted by Gasteiger charge is 2.17. The third-order valence-electron chi connectivity index (χ3n) is 1.82. The van der Waals surface area contributed by atoms with Crippen molar-refractivity contribution in [2.24, 2.45) is 4.99 Å². The van der Waals surface area contributed by atoms with Gasteiger partial charge in [-0.3, -0.25) is 0 Å². The Morgan fingerprint density at radius 2 is 2.12 bits per heavy atom. The highest BCUT2D eigenvalue weighted by molar-refractivity contribution is 6.05. The van der Waals surface area contributed by atoms with Crippen molar-refractivity contribution < 1.29 is 14.3 Å². The predicted molar refractivity (Wildman–Crippen MR) is 62.5 cm³/mol. The predicted octanol–water partition coefficient (Wildman–Crippen LogP) is 2.85. The molecule has 0 aromatic rings. The van der Waals surface area contributed by atoms with Crippen molar-refractivity contribution in [1.29, 1.82) is 0 Å². The summed E-state index contributed by atoms with van der Waals surface area (Å²) in [6, 6.07) is 0. The highest BCUT2D eigenvalue weighted by atomic mass is 16.6. The number of amides is 1. The monoisotopic (exact) mass is 223 g/mol. The number of carbonyl (C=O) groups is 1. The van der Waals surface area contributed by atoms with Crippen molar-refractivity contribution in [2.75, 3.05) is 7.11 Å². The van der Waals surface area contributed by atoms with Gasteiger partial charge in [-0.15, -0.1) is 0 Å². The Balaban J connectivity index is 2.74. The van der Waals surface area contributed by atoms with E-state index < -0.39 is 11.7 Å². The van der Waals surface area contributed by atoms with E-state index in [-0.39, 0.29) is 0 Å². The summed E-state index contributed by atoms with van der Waals surface area (Å²) >= 11 is 0. The molecule has 1 rings (SSSR count). The van der Waals surface area contributed by atoms with Crippen molar-refractivity contribution in [3.63, 3.8) is 0 Å². The van der Waals surface area contributed by atoms with Gasteiger partial charge in [-0.2, -0.15) is 4.99 Å². The summed E-state index contributed by atoms with van der Waals surface area (Å²) in [6.45, 7) is 5.41. The maximum absolute atomic E-state index is 11.5. The fourth-order valence-corrected chi connectivity index (χ4v) is 1.21. The molecule has 1 aliphatic rings. The van der Waals surface area contributed by atoms with Gasteiger partial charge in [-0.25, -0.2) is 4.79 Å². The quantitative estimate of drug-likeness (QED) is 0.686. The maximum Gasteiger partial charge on any atom is 0.434 e. The van der Waals surface area contributed by atoms with Crippen LogP contribution in [0.1, 0.15) is 27.2 Å². The first-order valence-corrected chi connectivity index (χ1v) is 5.14. The molecule has 16 heavy (non-hydrogen) atoms. The molecule has 0 aromatic heterocycles. The lowest BCUT2D eigenvalue weighted by Gasteiger charge is -2.18.